The van der Waals surface area contributed by atoms with E-state index >= 15 is 0 Å². The number of hydrogen-bond acceptors (Lipinski definition) is 7. The van der Waals surface area contributed by atoms with Crippen molar-refractivity contribution in [1.29, 1.82) is 0 Å². The number of benzene rings is 2. The molecule has 1 aromatic heterocycles. The molecule has 9 nitrogen and oxygen atoms in total. The molecule has 0 unspecified atom stereocenters. The van der Waals surface area contributed by atoms with Gasteiger partial charge < -0.3 is 19.7 Å². The van der Waals surface area contributed by atoms with Crippen molar-refractivity contribution in [2.75, 3.05) is 21.3 Å². The molecule has 1 heterocycles. The Morgan fingerprint density at radius 2 is 2.00 bits per heavy atom. The van der Waals surface area contributed by atoms with Gasteiger partial charge in [0.2, 0.25) is 0 Å². The summed E-state index contributed by atoms with van der Waals surface area (Å²) in [5, 5.41) is 15.0. The standard InChI is InChI=1S/C23H27FN6O3/c1-29(23(31)33-3)20-10-9-19(22(20)15-4-6-17(24)7-5-15)25-13-16-12-18(8-11-21(16)32-2)30-14-26-27-28-30/h4-8,11-12,14,19-20,22,25H,9-10,13H2,1-3H3/t19-,20-,22-/m0/s1. The van der Waals surface area contributed by atoms with Gasteiger partial charge in [0, 0.05) is 37.2 Å². The minimum Gasteiger partial charge on any atom is -0.496 e. The van der Waals surface area contributed by atoms with Crippen LogP contribution in [0.4, 0.5) is 9.18 Å². The third-order valence-electron chi connectivity index (χ3n) is 6.27. The minimum atomic E-state index is -0.386. The third-order valence-corrected chi connectivity index (χ3v) is 6.27. The van der Waals surface area contributed by atoms with E-state index in [2.05, 4.69) is 20.8 Å². The summed E-state index contributed by atoms with van der Waals surface area (Å²) in [7, 11) is 4.75. The number of hydrogen-bond donors (Lipinski definition) is 1. The number of carbonyl (C=O) groups excluding carboxylic acids is 1. The van der Waals surface area contributed by atoms with E-state index in [1.165, 1.54) is 25.6 Å². The molecule has 33 heavy (non-hydrogen) atoms. The highest BCUT2D eigenvalue weighted by Crippen LogP contribution is 2.38. The van der Waals surface area contributed by atoms with Crippen LogP contribution in [0.3, 0.4) is 0 Å². The average Bonchev–Trinajstić information content (AvgIpc) is 3.52. The van der Waals surface area contributed by atoms with Crippen LogP contribution in [-0.4, -0.2) is 64.6 Å². The van der Waals surface area contributed by atoms with E-state index in [0.717, 1.165) is 35.4 Å². The number of methoxy groups -OCH3 is 2. The Bertz CT molecular complexity index is 1080. The molecule has 1 aliphatic carbocycles. The summed E-state index contributed by atoms with van der Waals surface area (Å²) in [6.45, 7) is 0.538. The van der Waals surface area contributed by atoms with Crippen molar-refractivity contribution in [2.45, 2.75) is 37.4 Å². The topological polar surface area (TPSA) is 94.4 Å². The number of rotatable bonds is 7. The number of likely N-dealkylation sites (N-methyl/N-ethyl adjacent to an activating group) is 1. The number of ether oxygens (including phenoxy) is 2. The molecule has 4 rings (SSSR count). The van der Waals surface area contributed by atoms with E-state index in [1.54, 1.807) is 35.9 Å². The minimum absolute atomic E-state index is 0.0246. The lowest BCUT2D eigenvalue weighted by molar-refractivity contribution is 0.114. The smallest absolute Gasteiger partial charge is 0.409 e. The lowest BCUT2D eigenvalue weighted by Gasteiger charge is -2.32. The Hall–Kier alpha value is -3.53. The summed E-state index contributed by atoms with van der Waals surface area (Å²) in [5.41, 5.74) is 2.75. The highest BCUT2D eigenvalue weighted by molar-refractivity contribution is 5.67. The molecule has 1 N–H and O–H groups in total. The second kappa shape index (κ2) is 9.95. The fraction of sp³-hybridized carbons (Fsp3) is 0.391. The number of aromatic nitrogens is 4. The van der Waals surface area contributed by atoms with Crippen LogP contribution >= 0.6 is 0 Å². The summed E-state index contributed by atoms with van der Waals surface area (Å²) >= 11 is 0. The predicted octanol–water partition coefficient (Wildman–Crippen LogP) is 2.91. The largest absolute Gasteiger partial charge is 0.496 e. The second-order valence-electron chi connectivity index (χ2n) is 8.04. The molecule has 0 radical (unpaired) electrons. The zero-order chi connectivity index (χ0) is 23.4. The lowest BCUT2D eigenvalue weighted by atomic mass is 9.90. The van der Waals surface area contributed by atoms with Crippen molar-refractivity contribution in [3.8, 4) is 11.4 Å². The maximum absolute atomic E-state index is 13.6. The Balaban J connectivity index is 1.58. The fourth-order valence-corrected chi connectivity index (χ4v) is 4.63. The Morgan fingerprint density at radius 1 is 1.21 bits per heavy atom. The summed E-state index contributed by atoms with van der Waals surface area (Å²) in [6.07, 6.45) is 2.80. The molecule has 0 spiro atoms. The van der Waals surface area contributed by atoms with Crippen LogP contribution in [-0.2, 0) is 11.3 Å². The Morgan fingerprint density at radius 3 is 2.67 bits per heavy atom. The SMILES string of the molecule is COC(=O)N(C)[C@H]1CC[C@H](NCc2cc(-n3cnnn3)ccc2OC)[C@@H]1c1ccc(F)cc1. The van der Waals surface area contributed by atoms with Gasteiger partial charge in [0.1, 0.15) is 17.9 Å². The van der Waals surface area contributed by atoms with E-state index in [1.807, 2.05) is 18.2 Å². The van der Waals surface area contributed by atoms with E-state index in [-0.39, 0.29) is 29.9 Å². The van der Waals surface area contributed by atoms with Gasteiger partial charge in [-0.1, -0.05) is 12.1 Å². The van der Waals surface area contributed by atoms with E-state index in [4.69, 9.17) is 9.47 Å². The van der Waals surface area contributed by atoms with Crippen molar-refractivity contribution >= 4 is 6.09 Å². The molecule has 3 atom stereocenters. The fourth-order valence-electron chi connectivity index (χ4n) is 4.63. The van der Waals surface area contributed by atoms with Gasteiger partial charge in [-0.05, 0) is 59.2 Å². The summed E-state index contributed by atoms with van der Waals surface area (Å²) in [4.78, 5) is 13.9. The summed E-state index contributed by atoms with van der Waals surface area (Å²) in [5.74, 6) is 0.436. The highest BCUT2D eigenvalue weighted by atomic mass is 19.1. The van der Waals surface area contributed by atoms with Crippen LogP contribution in [0.1, 0.15) is 29.9 Å². The quantitative estimate of drug-likeness (QED) is 0.587. The van der Waals surface area contributed by atoms with Crippen LogP contribution in [0.5, 0.6) is 5.75 Å². The molecular weight excluding hydrogens is 427 g/mol. The maximum atomic E-state index is 13.6. The zero-order valence-corrected chi connectivity index (χ0v) is 18.8. The maximum Gasteiger partial charge on any atom is 0.409 e. The first-order valence-corrected chi connectivity index (χ1v) is 10.7. The number of tetrazole rings is 1. The summed E-state index contributed by atoms with van der Waals surface area (Å²) < 4.78 is 25.7. The lowest BCUT2D eigenvalue weighted by Crippen LogP contribution is -2.42. The normalized spacial score (nSPS) is 19.9. The molecule has 0 saturated heterocycles. The number of carbonyl (C=O) groups is 1. The van der Waals surface area contributed by atoms with Gasteiger partial charge in [-0.15, -0.1) is 5.10 Å². The van der Waals surface area contributed by atoms with E-state index in [0.29, 0.717) is 6.54 Å². The first-order chi connectivity index (χ1) is 16.0. The monoisotopic (exact) mass is 454 g/mol. The molecule has 1 saturated carbocycles. The van der Waals surface area contributed by atoms with Crippen LogP contribution < -0.4 is 10.1 Å². The van der Waals surface area contributed by atoms with Crippen molar-refractivity contribution in [3.63, 3.8) is 0 Å². The molecule has 1 aliphatic rings. The Kier molecular flexibility index (Phi) is 6.83. The molecule has 0 aliphatic heterocycles. The van der Waals surface area contributed by atoms with Crippen LogP contribution in [0, 0.1) is 5.82 Å². The number of nitrogens with zero attached hydrogens (tertiary/aromatic N) is 5. The predicted molar refractivity (Wildman–Crippen MR) is 119 cm³/mol. The van der Waals surface area contributed by atoms with Crippen LogP contribution in [0.2, 0.25) is 0 Å². The third kappa shape index (κ3) is 4.80. The van der Waals surface area contributed by atoms with Gasteiger partial charge in [0.25, 0.3) is 0 Å². The van der Waals surface area contributed by atoms with Crippen LogP contribution in [0.15, 0.2) is 48.8 Å². The number of nitrogens with one attached hydrogen (secondary N) is 1. The number of halogens is 1. The summed E-state index contributed by atoms with van der Waals surface area (Å²) in [6, 6.07) is 12.2. The highest BCUT2D eigenvalue weighted by Gasteiger charge is 2.41. The van der Waals surface area contributed by atoms with Crippen molar-refractivity contribution in [2.24, 2.45) is 0 Å². The molecule has 1 amide bonds. The van der Waals surface area contributed by atoms with Crippen molar-refractivity contribution in [3.05, 3.63) is 65.7 Å². The first kappa shape index (κ1) is 22.7. The van der Waals surface area contributed by atoms with Gasteiger partial charge in [0.05, 0.1) is 19.9 Å². The van der Waals surface area contributed by atoms with Gasteiger partial charge in [0.15, 0.2) is 0 Å². The average molecular weight is 455 g/mol. The van der Waals surface area contributed by atoms with Crippen LogP contribution in [0.25, 0.3) is 5.69 Å². The van der Waals surface area contributed by atoms with Crippen molar-refractivity contribution < 1.29 is 18.7 Å². The molecule has 3 aromatic rings. The van der Waals surface area contributed by atoms with E-state index in [9.17, 15) is 9.18 Å². The van der Waals surface area contributed by atoms with E-state index < -0.39 is 0 Å². The molecule has 174 valence electrons. The van der Waals surface area contributed by atoms with Gasteiger partial charge in [-0.25, -0.2) is 13.9 Å². The molecule has 1 fully saturated rings. The molecular formula is C23H27FN6O3. The zero-order valence-electron chi connectivity index (χ0n) is 18.8. The second-order valence-corrected chi connectivity index (χ2v) is 8.04. The van der Waals surface area contributed by atoms with Gasteiger partial charge in [-0.2, -0.15) is 0 Å². The first-order valence-electron chi connectivity index (χ1n) is 10.7. The van der Waals surface area contributed by atoms with Crippen molar-refractivity contribution in [1.82, 2.24) is 30.4 Å². The van der Waals surface area contributed by atoms with Gasteiger partial charge in [-0.3, -0.25) is 0 Å². The molecule has 0 bridgehead atoms. The molecule has 10 heteroatoms. The Labute approximate surface area is 191 Å². The van der Waals surface area contributed by atoms with Gasteiger partial charge >= 0.3 is 6.09 Å². The molecule has 2 aromatic carbocycles. The number of amides is 1.